The van der Waals surface area contributed by atoms with Gasteiger partial charge in [-0.1, -0.05) is 52.7 Å². The van der Waals surface area contributed by atoms with Gasteiger partial charge in [0.2, 0.25) is 5.13 Å². The molecule has 160 valence electrons. The van der Waals surface area contributed by atoms with Crippen LogP contribution >= 0.6 is 34.5 Å². The first-order chi connectivity index (χ1) is 15.4. The second-order valence-corrected chi connectivity index (χ2v) is 8.37. The number of carbonyl (C=O) groups excluding carboxylic acids is 2. The van der Waals surface area contributed by atoms with Crippen molar-refractivity contribution in [2.24, 2.45) is 0 Å². The summed E-state index contributed by atoms with van der Waals surface area (Å²) < 4.78 is 0. The number of nitrogens with one attached hydrogen (secondary N) is 2. The first kappa shape index (κ1) is 21.8. The van der Waals surface area contributed by atoms with E-state index in [1.807, 2.05) is 6.07 Å². The van der Waals surface area contributed by atoms with Crippen molar-refractivity contribution in [3.8, 4) is 16.3 Å². The van der Waals surface area contributed by atoms with E-state index in [1.165, 1.54) is 12.1 Å². The van der Waals surface area contributed by atoms with E-state index in [4.69, 9.17) is 23.2 Å². The van der Waals surface area contributed by atoms with E-state index < -0.39 is 5.91 Å². The number of carbonyl (C=O) groups is 2. The number of anilines is 2. The highest BCUT2D eigenvalue weighted by molar-refractivity contribution is 7.18. The van der Waals surface area contributed by atoms with Crippen molar-refractivity contribution < 1.29 is 14.7 Å². The SMILES string of the molecule is O=C(Nc1ccc(C(=O)Nc2nnc(-c3cc(Cl)cc(Cl)c3O)s2)cc1)c1ccccc1. The number of phenols is 1. The largest absolute Gasteiger partial charge is 0.506 e. The van der Waals surface area contributed by atoms with Gasteiger partial charge in [-0.3, -0.25) is 14.9 Å². The standard InChI is InChI=1S/C22H14Cl2N4O3S/c23-14-10-16(18(29)17(24)11-14)21-27-28-22(32-21)26-20(31)13-6-8-15(9-7-13)25-19(30)12-4-2-1-3-5-12/h1-11,29H,(H,25,30)(H,26,28,31). The molecule has 32 heavy (non-hydrogen) atoms. The van der Waals surface area contributed by atoms with E-state index >= 15 is 0 Å². The number of benzene rings is 3. The molecule has 10 heteroatoms. The number of rotatable bonds is 5. The summed E-state index contributed by atoms with van der Waals surface area (Å²) in [5.41, 5.74) is 1.78. The molecule has 3 aromatic carbocycles. The van der Waals surface area contributed by atoms with Gasteiger partial charge in [0, 0.05) is 21.8 Å². The molecular weight excluding hydrogens is 471 g/mol. The Morgan fingerprint density at radius 2 is 1.50 bits per heavy atom. The second-order valence-electron chi connectivity index (χ2n) is 6.55. The summed E-state index contributed by atoms with van der Waals surface area (Å²) in [6.07, 6.45) is 0. The van der Waals surface area contributed by atoms with E-state index in [9.17, 15) is 14.7 Å². The number of hydrogen-bond acceptors (Lipinski definition) is 6. The van der Waals surface area contributed by atoms with Crippen LogP contribution in [-0.2, 0) is 0 Å². The Bertz CT molecular complexity index is 1290. The summed E-state index contributed by atoms with van der Waals surface area (Å²) in [7, 11) is 0. The minimum absolute atomic E-state index is 0.0905. The number of aromatic nitrogens is 2. The molecule has 0 saturated carbocycles. The number of halogens is 2. The van der Waals surface area contributed by atoms with Crippen LogP contribution in [0.2, 0.25) is 10.0 Å². The van der Waals surface area contributed by atoms with Crippen molar-refractivity contribution in [1.29, 1.82) is 0 Å². The van der Waals surface area contributed by atoms with Gasteiger partial charge in [0.25, 0.3) is 11.8 Å². The van der Waals surface area contributed by atoms with Gasteiger partial charge in [0.15, 0.2) is 5.01 Å². The molecule has 4 rings (SSSR count). The van der Waals surface area contributed by atoms with E-state index in [-0.39, 0.29) is 21.8 Å². The summed E-state index contributed by atoms with van der Waals surface area (Å²) in [4.78, 5) is 24.8. The number of nitrogens with zero attached hydrogens (tertiary/aromatic N) is 2. The smallest absolute Gasteiger partial charge is 0.257 e. The van der Waals surface area contributed by atoms with Gasteiger partial charge in [0.05, 0.1) is 10.6 Å². The fourth-order valence-electron chi connectivity index (χ4n) is 2.78. The zero-order valence-electron chi connectivity index (χ0n) is 16.2. The van der Waals surface area contributed by atoms with Gasteiger partial charge in [0.1, 0.15) is 5.75 Å². The van der Waals surface area contributed by atoms with Crippen LogP contribution in [0.1, 0.15) is 20.7 Å². The molecule has 3 N–H and O–H groups in total. The highest BCUT2D eigenvalue weighted by atomic mass is 35.5. The summed E-state index contributed by atoms with van der Waals surface area (Å²) in [6, 6.07) is 18.2. The Morgan fingerprint density at radius 3 is 2.22 bits per heavy atom. The third kappa shape index (κ3) is 4.88. The number of hydrogen-bond donors (Lipinski definition) is 3. The maximum atomic E-state index is 12.5. The number of phenolic OH excluding ortho intramolecular Hbond substituents is 1. The van der Waals surface area contributed by atoms with E-state index in [2.05, 4.69) is 20.8 Å². The van der Waals surface area contributed by atoms with Crippen LogP contribution in [-0.4, -0.2) is 27.1 Å². The fraction of sp³-hybridized carbons (Fsp3) is 0. The number of amides is 2. The highest BCUT2D eigenvalue weighted by Gasteiger charge is 2.16. The van der Waals surface area contributed by atoms with Crippen LogP contribution in [0.4, 0.5) is 10.8 Å². The van der Waals surface area contributed by atoms with Crippen LogP contribution in [0.3, 0.4) is 0 Å². The van der Waals surface area contributed by atoms with Crippen LogP contribution in [0.15, 0.2) is 66.7 Å². The van der Waals surface area contributed by atoms with Crippen LogP contribution < -0.4 is 10.6 Å². The zero-order valence-corrected chi connectivity index (χ0v) is 18.5. The minimum atomic E-state index is -0.401. The molecule has 1 aromatic heterocycles. The summed E-state index contributed by atoms with van der Waals surface area (Å²) >= 11 is 13.0. The molecule has 0 spiro atoms. The van der Waals surface area contributed by atoms with Crippen LogP contribution in [0.5, 0.6) is 5.75 Å². The Morgan fingerprint density at radius 1 is 0.844 bits per heavy atom. The number of aromatic hydroxyl groups is 1. The predicted molar refractivity (Wildman–Crippen MR) is 126 cm³/mol. The average molecular weight is 485 g/mol. The zero-order chi connectivity index (χ0) is 22.7. The van der Waals surface area contributed by atoms with Crippen molar-refractivity contribution >= 4 is 57.2 Å². The third-order valence-corrected chi connectivity index (χ3v) is 5.72. The lowest BCUT2D eigenvalue weighted by atomic mass is 10.1. The molecular formula is C22H14Cl2N4O3S. The van der Waals surface area contributed by atoms with Crippen LogP contribution in [0, 0.1) is 0 Å². The average Bonchev–Trinajstić information content (AvgIpc) is 3.25. The summed E-state index contributed by atoms with van der Waals surface area (Å²) in [5.74, 6) is -0.811. The molecule has 0 aliphatic carbocycles. The van der Waals surface area contributed by atoms with Gasteiger partial charge < -0.3 is 10.4 Å². The lowest BCUT2D eigenvalue weighted by molar-refractivity contribution is 0.102. The molecule has 2 amide bonds. The van der Waals surface area contributed by atoms with Crippen molar-refractivity contribution in [1.82, 2.24) is 10.2 Å². The Hall–Kier alpha value is -3.46. The lowest BCUT2D eigenvalue weighted by Gasteiger charge is -2.06. The predicted octanol–water partition coefficient (Wildman–Crippen LogP) is 5.72. The van der Waals surface area contributed by atoms with E-state index in [0.717, 1.165) is 11.3 Å². The maximum absolute atomic E-state index is 12.5. The van der Waals surface area contributed by atoms with Gasteiger partial charge in [-0.05, 0) is 48.5 Å². The normalized spacial score (nSPS) is 10.6. The quantitative estimate of drug-likeness (QED) is 0.335. The topological polar surface area (TPSA) is 104 Å². The lowest BCUT2D eigenvalue weighted by Crippen LogP contribution is -2.13. The van der Waals surface area contributed by atoms with Gasteiger partial charge in [-0.2, -0.15) is 0 Å². The second kappa shape index (κ2) is 9.35. The molecule has 0 aliphatic heterocycles. The molecule has 0 unspecified atom stereocenters. The molecule has 1 heterocycles. The minimum Gasteiger partial charge on any atom is -0.506 e. The molecule has 0 fully saturated rings. The molecule has 4 aromatic rings. The molecule has 0 bridgehead atoms. The monoisotopic (exact) mass is 484 g/mol. The molecule has 0 saturated heterocycles. The van der Waals surface area contributed by atoms with Crippen molar-refractivity contribution in [3.05, 3.63) is 87.9 Å². The van der Waals surface area contributed by atoms with Gasteiger partial charge >= 0.3 is 0 Å². The van der Waals surface area contributed by atoms with Gasteiger partial charge in [-0.25, -0.2) is 0 Å². The highest BCUT2D eigenvalue weighted by Crippen LogP contribution is 2.39. The molecule has 0 aliphatic rings. The van der Waals surface area contributed by atoms with Gasteiger partial charge in [-0.15, -0.1) is 10.2 Å². The van der Waals surface area contributed by atoms with Crippen molar-refractivity contribution in [3.63, 3.8) is 0 Å². The van der Waals surface area contributed by atoms with E-state index in [1.54, 1.807) is 48.5 Å². The first-order valence-corrected chi connectivity index (χ1v) is 10.8. The first-order valence-electron chi connectivity index (χ1n) is 9.20. The Kier molecular flexibility index (Phi) is 6.36. The third-order valence-electron chi connectivity index (χ3n) is 4.34. The summed E-state index contributed by atoms with van der Waals surface area (Å²) in [5, 5.41) is 24.5. The summed E-state index contributed by atoms with van der Waals surface area (Å²) in [6.45, 7) is 0. The van der Waals surface area contributed by atoms with Crippen molar-refractivity contribution in [2.75, 3.05) is 10.6 Å². The van der Waals surface area contributed by atoms with E-state index in [0.29, 0.717) is 32.4 Å². The van der Waals surface area contributed by atoms with Crippen LogP contribution in [0.25, 0.3) is 10.6 Å². The molecule has 0 radical (unpaired) electrons. The Balaban J connectivity index is 1.43. The fourth-order valence-corrected chi connectivity index (χ4v) is 4.03. The molecule has 0 atom stereocenters. The van der Waals surface area contributed by atoms with Crippen molar-refractivity contribution in [2.45, 2.75) is 0 Å². The Labute approximate surface area is 196 Å². The molecule has 7 nitrogen and oxygen atoms in total. The maximum Gasteiger partial charge on any atom is 0.257 e.